The predicted octanol–water partition coefficient (Wildman–Crippen LogP) is -8.72. The van der Waals surface area contributed by atoms with Gasteiger partial charge in [-0.3, -0.25) is 38.4 Å². The van der Waals surface area contributed by atoms with Crippen LogP contribution in [0.5, 0.6) is 0 Å². The summed E-state index contributed by atoms with van der Waals surface area (Å²) in [5.41, 5.74) is -22.7. The number of carbonyl (C=O) groups excluding carboxylic acids is 12. The lowest BCUT2D eigenvalue weighted by Crippen LogP contribution is -2.56. The van der Waals surface area contributed by atoms with Crippen LogP contribution in [0.15, 0.2) is 0 Å². The normalized spacial score (nSPS) is 13.2. The van der Waals surface area contributed by atoms with Crippen molar-refractivity contribution in [2.75, 3.05) is 132 Å². The first-order chi connectivity index (χ1) is 44.5. The van der Waals surface area contributed by atoms with Gasteiger partial charge in [0.15, 0.2) is 0 Å². The molecule has 0 amide bonds. The molecular weight excluding hydrogens is 1320 g/mol. The van der Waals surface area contributed by atoms with Gasteiger partial charge in [-0.05, 0) is 55.4 Å². The summed E-state index contributed by atoms with van der Waals surface area (Å²) in [5, 5.41) is 161. The number of carbonyl (C=O) groups is 12. The van der Waals surface area contributed by atoms with Crippen molar-refractivity contribution in [2.45, 2.75) is 106 Å². The number of aliphatic hydroxyl groups is 16. The van der Waals surface area contributed by atoms with Gasteiger partial charge in [-0.25, -0.2) is 19.2 Å². The standard InChI is InChI=1S/C57H92O40/c1-45(13-58,14-59)33(74)90-53(9,91-34(75)46(2,15-60)16-61)41(82)86-29-57(30-87-42(83)54(10,92-35(76)47(3,17-62)18-63)93-36(77)48(4,19-64)20-65,31-88-43(84)55(11,94-37(78)49(5,21-66)22-67)95-38(79)50(6,23-68)24-69)32-89-44(85)56(12,96-39(80)51(7,25-70)26-71)97-40(81)52(8,27-72)28-73/h58-73H,13-32H2,1-12H3. The van der Waals surface area contributed by atoms with Crippen molar-refractivity contribution in [3.63, 3.8) is 0 Å². The smallest absolute Gasteiger partial charge is 0.392 e. The summed E-state index contributed by atoms with van der Waals surface area (Å²) >= 11 is 0. The second kappa shape index (κ2) is 35.7. The first-order valence-corrected chi connectivity index (χ1v) is 28.8. The van der Waals surface area contributed by atoms with Crippen LogP contribution in [0.25, 0.3) is 0 Å². The summed E-state index contributed by atoms with van der Waals surface area (Å²) in [6.45, 7) is -20.2. The number of hydrogen-bond acceptors (Lipinski definition) is 40. The van der Waals surface area contributed by atoms with Gasteiger partial charge in [0.05, 0.1) is 106 Å². The van der Waals surface area contributed by atoms with E-state index in [1.165, 1.54) is 0 Å². The highest BCUT2D eigenvalue weighted by atomic mass is 16.8. The first kappa shape index (κ1) is 90.0. The topological polar surface area (TPSA) is 639 Å². The Kier molecular flexibility index (Phi) is 33.1. The summed E-state index contributed by atoms with van der Waals surface area (Å²) in [7, 11) is 0. The van der Waals surface area contributed by atoms with Crippen LogP contribution in [0.3, 0.4) is 0 Å². The molecule has 0 aliphatic carbocycles. The van der Waals surface area contributed by atoms with Gasteiger partial charge >= 0.3 is 94.8 Å². The van der Waals surface area contributed by atoms with Crippen molar-refractivity contribution >= 4 is 71.6 Å². The summed E-state index contributed by atoms with van der Waals surface area (Å²) in [4.78, 5) is 169. The Morgan fingerprint density at radius 1 is 0.186 bits per heavy atom. The van der Waals surface area contributed by atoms with Gasteiger partial charge in [0.1, 0.15) is 75.2 Å². The van der Waals surface area contributed by atoms with Crippen LogP contribution < -0.4 is 0 Å². The van der Waals surface area contributed by atoms with Crippen molar-refractivity contribution in [3.8, 4) is 0 Å². The molecule has 0 aliphatic heterocycles. The van der Waals surface area contributed by atoms with Crippen LogP contribution in [0.4, 0.5) is 0 Å². The van der Waals surface area contributed by atoms with Crippen molar-refractivity contribution in [1.82, 2.24) is 0 Å². The van der Waals surface area contributed by atoms with E-state index < -0.39 is 276 Å². The van der Waals surface area contributed by atoms with E-state index in [9.17, 15) is 139 Å². The maximum absolute atomic E-state index is 14.8. The maximum Gasteiger partial charge on any atom is 0.392 e. The molecule has 0 bridgehead atoms. The summed E-state index contributed by atoms with van der Waals surface area (Å²) in [6.07, 6.45) is 0. The minimum atomic E-state index is -3.65. The fraction of sp³-hybridized carbons (Fsp3) is 0.789. The molecule has 97 heavy (non-hydrogen) atoms. The highest BCUT2D eigenvalue weighted by Crippen LogP contribution is 2.36. The van der Waals surface area contributed by atoms with Gasteiger partial charge < -0.3 is 139 Å². The molecule has 0 aliphatic rings. The SMILES string of the molecule is CC(CO)(CO)C(=O)OC(C)(OC(=O)C(C)(CO)CO)C(=O)OCC(COC(=O)C(C)(OC(=O)C(C)(CO)CO)OC(=O)C(C)(CO)CO)(COC(=O)C(C)(OC(=O)C(C)(CO)CO)OC(=O)C(C)(CO)CO)COC(=O)C(C)(OC(=O)C(C)(CO)CO)OC(=O)C(C)(CO)CO. The van der Waals surface area contributed by atoms with Crippen LogP contribution in [0.1, 0.15) is 83.1 Å². The maximum atomic E-state index is 14.8. The Balaban J connectivity index is 9.73. The van der Waals surface area contributed by atoms with Crippen molar-refractivity contribution in [3.05, 3.63) is 0 Å². The monoisotopic (exact) mass is 1420 g/mol. The zero-order chi connectivity index (χ0) is 76.1. The van der Waals surface area contributed by atoms with Gasteiger partial charge in [0.25, 0.3) is 0 Å². The molecule has 0 radical (unpaired) electrons. The molecule has 0 aromatic heterocycles. The second-order valence-corrected chi connectivity index (χ2v) is 25.7. The molecule has 0 unspecified atom stereocenters. The molecule has 0 saturated carbocycles. The molecule has 0 fully saturated rings. The van der Waals surface area contributed by atoms with Gasteiger partial charge in [-0.1, -0.05) is 0 Å². The van der Waals surface area contributed by atoms with Gasteiger partial charge in [0.2, 0.25) is 0 Å². The summed E-state index contributed by atoms with van der Waals surface area (Å²) < 4.78 is 63.4. The molecule has 0 spiro atoms. The van der Waals surface area contributed by atoms with E-state index in [1.807, 2.05) is 0 Å². The highest BCUT2D eigenvalue weighted by molar-refractivity contribution is 5.91. The molecule has 0 saturated heterocycles. The van der Waals surface area contributed by atoms with E-state index in [0.717, 1.165) is 55.4 Å². The van der Waals surface area contributed by atoms with E-state index in [1.54, 1.807) is 0 Å². The third kappa shape index (κ3) is 21.5. The average Bonchev–Trinajstić information content (AvgIpc) is 0.810. The fourth-order valence-electron chi connectivity index (χ4n) is 5.90. The lowest BCUT2D eigenvalue weighted by Gasteiger charge is -2.38. The van der Waals surface area contributed by atoms with Crippen LogP contribution in [0, 0.1) is 48.7 Å². The number of esters is 12. The van der Waals surface area contributed by atoms with E-state index in [2.05, 4.69) is 0 Å². The number of ether oxygens (including phenoxy) is 12. The van der Waals surface area contributed by atoms with Crippen LogP contribution in [0.2, 0.25) is 0 Å². The molecule has 0 aromatic rings. The molecule has 0 aromatic carbocycles. The van der Waals surface area contributed by atoms with E-state index in [0.29, 0.717) is 27.7 Å². The highest BCUT2D eigenvalue weighted by Gasteiger charge is 2.58. The Labute approximate surface area is 553 Å². The molecule has 560 valence electrons. The fourth-order valence-corrected chi connectivity index (χ4v) is 5.90. The predicted molar refractivity (Wildman–Crippen MR) is 307 cm³/mol. The Hall–Kier alpha value is -7.00. The molecule has 0 heterocycles. The summed E-state index contributed by atoms with van der Waals surface area (Å²) in [5.74, 6) is -38.1. The first-order valence-electron chi connectivity index (χ1n) is 28.8. The molecule has 16 N–H and O–H groups in total. The zero-order valence-electron chi connectivity index (χ0n) is 55.6. The third-order valence-electron chi connectivity index (χ3n) is 15.3. The number of hydrogen-bond donors (Lipinski definition) is 16. The number of rotatable bonds is 44. The Morgan fingerprint density at radius 2 is 0.278 bits per heavy atom. The van der Waals surface area contributed by atoms with Crippen LogP contribution >= 0.6 is 0 Å². The van der Waals surface area contributed by atoms with E-state index in [-0.39, 0.29) is 0 Å². The van der Waals surface area contributed by atoms with Crippen molar-refractivity contribution in [1.29, 1.82) is 0 Å². The minimum absolute atomic E-state index is 0.408. The summed E-state index contributed by atoms with van der Waals surface area (Å²) in [6, 6.07) is 0. The molecular formula is C57H92O40. The molecule has 0 atom stereocenters. The van der Waals surface area contributed by atoms with Gasteiger partial charge in [0, 0.05) is 27.7 Å². The Morgan fingerprint density at radius 3 is 0.361 bits per heavy atom. The Bertz CT molecular complexity index is 2230. The molecule has 0 rings (SSSR count). The lowest BCUT2D eigenvalue weighted by molar-refractivity contribution is -0.256. The zero-order valence-corrected chi connectivity index (χ0v) is 55.6. The lowest BCUT2D eigenvalue weighted by atomic mass is 9.91. The van der Waals surface area contributed by atoms with Crippen LogP contribution in [-0.4, -0.2) is 309 Å². The quantitative estimate of drug-likeness (QED) is 0.0153. The third-order valence-corrected chi connectivity index (χ3v) is 15.3. The van der Waals surface area contributed by atoms with Crippen LogP contribution in [-0.2, 0) is 114 Å². The average molecular weight is 1420 g/mol. The van der Waals surface area contributed by atoms with E-state index in [4.69, 9.17) is 56.8 Å². The molecule has 40 heteroatoms. The van der Waals surface area contributed by atoms with E-state index >= 15 is 0 Å². The van der Waals surface area contributed by atoms with Gasteiger partial charge in [-0.15, -0.1) is 0 Å². The van der Waals surface area contributed by atoms with Gasteiger partial charge in [-0.2, -0.15) is 0 Å². The largest absolute Gasteiger partial charge is 0.459 e. The molecule has 40 nitrogen and oxygen atoms in total. The van der Waals surface area contributed by atoms with Crippen molar-refractivity contribution < 1.29 is 196 Å². The number of aliphatic hydroxyl groups excluding tert-OH is 16. The second-order valence-electron chi connectivity index (χ2n) is 25.7. The minimum Gasteiger partial charge on any atom is -0.459 e. The van der Waals surface area contributed by atoms with Crippen molar-refractivity contribution in [2.24, 2.45) is 48.7 Å².